The summed E-state index contributed by atoms with van der Waals surface area (Å²) in [5.41, 5.74) is 0.606. The van der Waals surface area contributed by atoms with Gasteiger partial charge in [0.15, 0.2) is 0 Å². The lowest BCUT2D eigenvalue weighted by Gasteiger charge is -2.05. The lowest BCUT2D eigenvalue weighted by atomic mass is 10.0. The van der Waals surface area contributed by atoms with Crippen LogP contribution in [0.2, 0.25) is 0 Å². The maximum atomic E-state index is 11.4. The van der Waals surface area contributed by atoms with Crippen LogP contribution in [-0.2, 0) is 4.79 Å². The normalized spacial score (nSPS) is 11.1. The summed E-state index contributed by atoms with van der Waals surface area (Å²) in [5, 5.41) is 2.91. The van der Waals surface area contributed by atoms with Gasteiger partial charge < -0.3 is 5.32 Å². The van der Waals surface area contributed by atoms with Gasteiger partial charge in [-0.15, -0.1) is 0 Å². The van der Waals surface area contributed by atoms with Crippen molar-refractivity contribution in [1.29, 1.82) is 0 Å². The van der Waals surface area contributed by atoms with Crippen molar-refractivity contribution in [3.63, 3.8) is 0 Å². The van der Waals surface area contributed by atoms with Crippen LogP contribution in [0.3, 0.4) is 0 Å². The zero-order valence-corrected chi connectivity index (χ0v) is 23.7. The van der Waals surface area contributed by atoms with Gasteiger partial charge in [0.2, 0.25) is 5.91 Å². The Labute approximate surface area is 215 Å². The van der Waals surface area contributed by atoms with Crippen LogP contribution in [0.5, 0.6) is 0 Å². The summed E-state index contributed by atoms with van der Waals surface area (Å²) < 4.78 is 0. The van der Waals surface area contributed by atoms with Crippen LogP contribution in [0.4, 0.5) is 0 Å². The summed E-state index contributed by atoms with van der Waals surface area (Å²) in [6, 6.07) is 0. The fraction of sp³-hybridized carbons (Fsp3) is 0.906. The zero-order valence-electron chi connectivity index (χ0n) is 23.7. The highest BCUT2D eigenvalue weighted by Gasteiger charge is 1.99. The molecule has 0 aliphatic carbocycles. The van der Waals surface area contributed by atoms with Crippen LogP contribution in [0.25, 0.3) is 0 Å². The highest BCUT2D eigenvalue weighted by Crippen LogP contribution is 2.15. The van der Waals surface area contributed by atoms with Gasteiger partial charge in [0.25, 0.3) is 0 Å². The molecule has 202 valence electrons. The van der Waals surface area contributed by atoms with E-state index >= 15 is 0 Å². The Morgan fingerprint density at radius 3 is 0.941 bits per heavy atom. The monoisotopic (exact) mass is 477 g/mol. The molecule has 2 heteroatoms. The summed E-state index contributed by atoms with van der Waals surface area (Å²) >= 11 is 0. The summed E-state index contributed by atoms with van der Waals surface area (Å²) in [7, 11) is 0. The molecule has 0 radical (unpaired) electrons. The number of amides is 1. The van der Waals surface area contributed by atoms with Crippen LogP contribution >= 0.6 is 0 Å². The van der Waals surface area contributed by atoms with Gasteiger partial charge in [-0.1, -0.05) is 174 Å². The lowest BCUT2D eigenvalue weighted by molar-refractivity contribution is -0.117. The van der Waals surface area contributed by atoms with E-state index in [2.05, 4.69) is 18.8 Å². The van der Waals surface area contributed by atoms with Gasteiger partial charge in [0, 0.05) is 12.1 Å². The van der Waals surface area contributed by atoms with Crippen molar-refractivity contribution in [2.75, 3.05) is 6.54 Å². The van der Waals surface area contributed by atoms with Gasteiger partial charge in [-0.3, -0.25) is 4.79 Å². The van der Waals surface area contributed by atoms with E-state index < -0.39 is 0 Å². The van der Waals surface area contributed by atoms with Crippen molar-refractivity contribution in [1.82, 2.24) is 5.32 Å². The molecule has 0 rings (SSSR count). The van der Waals surface area contributed by atoms with Crippen molar-refractivity contribution >= 4 is 5.91 Å². The molecule has 0 fully saturated rings. The van der Waals surface area contributed by atoms with E-state index in [1.165, 1.54) is 161 Å². The number of nitrogens with one attached hydrogen (secondary N) is 1. The van der Waals surface area contributed by atoms with E-state index in [4.69, 9.17) is 0 Å². The first-order valence-electron chi connectivity index (χ1n) is 15.6. The fourth-order valence-electron chi connectivity index (χ4n) is 4.79. The molecule has 0 saturated carbocycles. The van der Waals surface area contributed by atoms with Gasteiger partial charge in [0.05, 0.1) is 0 Å². The van der Waals surface area contributed by atoms with Crippen molar-refractivity contribution < 1.29 is 4.79 Å². The quantitative estimate of drug-likeness (QED) is 0.0880. The van der Waals surface area contributed by atoms with Crippen molar-refractivity contribution in [2.24, 2.45) is 0 Å². The van der Waals surface area contributed by atoms with Gasteiger partial charge in [-0.2, -0.15) is 0 Å². The number of carbonyl (C=O) groups excluding carboxylic acids is 1. The number of rotatable bonds is 28. The van der Waals surface area contributed by atoms with Gasteiger partial charge >= 0.3 is 0 Å². The van der Waals surface area contributed by atoms with E-state index in [1.807, 2.05) is 0 Å². The first kappa shape index (κ1) is 33.2. The molecule has 0 atom stereocenters. The molecule has 1 amide bonds. The van der Waals surface area contributed by atoms with E-state index in [0.29, 0.717) is 5.57 Å². The van der Waals surface area contributed by atoms with E-state index in [0.717, 1.165) is 13.0 Å². The van der Waals surface area contributed by atoms with Crippen LogP contribution in [0.1, 0.15) is 181 Å². The Morgan fingerprint density at radius 2 is 0.706 bits per heavy atom. The molecule has 0 aromatic rings. The van der Waals surface area contributed by atoms with E-state index in [1.54, 1.807) is 6.92 Å². The Balaban J connectivity index is 3.05. The van der Waals surface area contributed by atoms with Crippen LogP contribution in [0, 0.1) is 0 Å². The van der Waals surface area contributed by atoms with E-state index in [-0.39, 0.29) is 5.91 Å². The molecule has 1 N–H and O–H groups in total. The number of hydrogen-bond donors (Lipinski definition) is 1. The second kappa shape index (κ2) is 28.4. The average Bonchev–Trinajstić information content (AvgIpc) is 2.83. The van der Waals surface area contributed by atoms with Gasteiger partial charge in [-0.25, -0.2) is 0 Å². The first-order valence-corrected chi connectivity index (χ1v) is 15.6. The minimum Gasteiger partial charge on any atom is -0.352 e. The standard InChI is InChI=1S/C32H63NO/c1-4-5-6-7-8-9-10-11-12-13-14-15-16-17-18-19-20-21-22-23-24-25-26-27-28-29-30-33-32(34)31(2)3/h2,4-30H2,1,3H3,(H,33,34). The van der Waals surface area contributed by atoms with Gasteiger partial charge in [-0.05, 0) is 13.3 Å². The van der Waals surface area contributed by atoms with Crippen molar-refractivity contribution in [3.05, 3.63) is 12.2 Å². The Morgan fingerprint density at radius 1 is 0.471 bits per heavy atom. The Kier molecular flexibility index (Phi) is 27.8. The molecular weight excluding hydrogens is 414 g/mol. The lowest BCUT2D eigenvalue weighted by Crippen LogP contribution is -2.24. The average molecular weight is 478 g/mol. The molecule has 0 spiro atoms. The molecule has 0 heterocycles. The molecule has 0 unspecified atom stereocenters. The number of carbonyl (C=O) groups is 1. The fourth-order valence-corrected chi connectivity index (χ4v) is 4.79. The number of unbranched alkanes of at least 4 members (excludes halogenated alkanes) is 25. The van der Waals surface area contributed by atoms with Crippen LogP contribution in [0.15, 0.2) is 12.2 Å². The molecule has 0 aromatic heterocycles. The highest BCUT2D eigenvalue weighted by atomic mass is 16.1. The molecule has 0 aromatic carbocycles. The van der Waals surface area contributed by atoms with Crippen molar-refractivity contribution in [2.45, 2.75) is 181 Å². The summed E-state index contributed by atoms with van der Waals surface area (Å²) in [6.07, 6.45) is 36.9. The van der Waals surface area contributed by atoms with Crippen LogP contribution in [-0.4, -0.2) is 12.5 Å². The minimum atomic E-state index is -0.000382. The summed E-state index contributed by atoms with van der Waals surface area (Å²) in [4.78, 5) is 11.4. The molecule has 0 saturated heterocycles. The molecule has 2 nitrogen and oxygen atoms in total. The molecular formula is C32H63NO. The molecule has 0 bridgehead atoms. The zero-order chi connectivity index (χ0) is 25.0. The van der Waals surface area contributed by atoms with Crippen LogP contribution < -0.4 is 5.32 Å². The third kappa shape index (κ3) is 27.5. The Bertz CT molecular complexity index is 431. The smallest absolute Gasteiger partial charge is 0.246 e. The maximum Gasteiger partial charge on any atom is 0.246 e. The second-order valence-electron chi connectivity index (χ2n) is 10.9. The Hall–Kier alpha value is -0.790. The first-order chi connectivity index (χ1) is 16.7. The predicted octanol–water partition coefficient (Wildman–Crippen LogP) is 10.8. The third-order valence-corrected chi connectivity index (χ3v) is 7.20. The number of hydrogen-bond acceptors (Lipinski definition) is 1. The maximum absolute atomic E-state index is 11.4. The van der Waals surface area contributed by atoms with Crippen molar-refractivity contribution in [3.8, 4) is 0 Å². The summed E-state index contributed by atoms with van der Waals surface area (Å²) in [6.45, 7) is 8.52. The highest BCUT2D eigenvalue weighted by molar-refractivity contribution is 5.91. The summed E-state index contributed by atoms with van der Waals surface area (Å²) in [5.74, 6) is -0.000382. The largest absolute Gasteiger partial charge is 0.352 e. The SMILES string of the molecule is C=C(C)C(=O)NCCCCCCCCCCCCCCCCCCCCCCCCCCCC. The van der Waals surface area contributed by atoms with Gasteiger partial charge in [0.1, 0.15) is 0 Å². The molecule has 34 heavy (non-hydrogen) atoms. The predicted molar refractivity (Wildman–Crippen MR) is 154 cm³/mol. The third-order valence-electron chi connectivity index (χ3n) is 7.20. The topological polar surface area (TPSA) is 29.1 Å². The second-order valence-corrected chi connectivity index (χ2v) is 10.9. The minimum absolute atomic E-state index is 0.000382. The molecule has 0 aliphatic rings. The van der Waals surface area contributed by atoms with E-state index in [9.17, 15) is 4.79 Å². The molecule has 0 aliphatic heterocycles.